The molecule has 5 nitrogen and oxygen atoms in total. The molecule has 1 saturated heterocycles. The number of aryl methyl sites for hydroxylation is 1. The maximum Gasteiger partial charge on any atom is 0.301 e. The predicted molar refractivity (Wildman–Crippen MR) is 84.4 cm³/mol. The fraction of sp³-hybridized carbons (Fsp3) is 0.600. The van der Waals surface area contributed by atoms with Crippen LogP contribution in [0.1, 0.15) is 31.7 Å². The second kappa shape index (κ2) is 7.24. The zero-order valence-corrected chi connectivity index (χ0v) is 13.3. The summed E-state index contributed by atoms with van der Waals surface area (Å²) in [6.07, 6.45) is 3.74. The Morgan fingerprint density at radius 1 is 1.33 bits per heavy atom. The average molecular weight is 312 g/mol. The molecule has 21 heavy (non-hydrogen) atoms. The zero-order valence-electron chi connectivity index (χ0n) is 12.5. The number of hydrogen-bond donors (Lipinski definition) is 2. The van der Waals surface area contributed by atoms with Crippen molar-refractivity contribution in [2.75, 3.05) is 24.4 Å². The normalized spacial score (nSPS) is 20.4. The van der Waals surface area contributed by atoms with E-state index in [0.717, 1.165) is 25.7 Å². The maximum atomic E-state index is 12.4. The van der Waals surface area contributed by atoms with Crippen LogP contribution in [0.4, 0.5) is 5.69 Å². The minimum atomic E-state index is -3.53. The Morgan fingerprint density at radius 3 is 2.67 bits per heavy atom. The van der Waals surface area contributed by atoms with Crippen LogP contribution in [-0.2, 0) is 16.6 Å². The van der Waals surface area contributed by atoms with Crippen molar-refractivity contribution < 1.29 is 13.5 Å². The number of rotatable bonds is 6. The molecule has 1 aromatic rings. The van der Waals surface area contributed by atoms with Gasteiger partial charge in [0.2, 0.25) is 0 Å². The van der Waals surface area contributed by atoms with E-state index < -0.39 is 10.2 Å². The van der Waals surface area contributed by atoms with Crippen LogP contribution < -0.4 is 4.72 Å². The second-order valence-electron chi connectivity index (χ2n) is 5.60. The van der Waals surface area contributed by atoms with E-state index in [4.69, 9.17) is 0 Å². The number of piperidine rings is 1. The molecule has 1 heterocycles. The standard InChI is InChI=1S/C15H24N2O3S/c1-2-4-13-6-8-15(9-7-13)16-21(19,20)17-10-3-5-14(11-17)12-18/h6-9,14,16,18H,2-5,10-12H2,1H3. The van der Waals surface area contributed by atoms with E-state index in [9.17, 15) is 13.5 Å². The summed E-state index contributed by atoms with van der Waals surface area (Å²) in [7, 11) is -3.53. The summed E-state index contributed by atoms with van der Waals surface area (Å²) in [5, 5.41) is 9.20. The van der Waals surface area contributed by atoms with Gasteiger partial charge in [-0.05, 0) is 42.9 Å². The molecule has 0 amide bonds. The summed E-state index contributed by atoms with van der Waals surface area (Å²) in [6.45, 7) is 3.06. The van der Waals surface area contributed by atoms with Gasteiger partial charge >= 0.3 is 10.2 Å². The minimum Gasteiger partial charge on any atom is -0.396 e. The molecule has 1 aliphatic rings. The van der Waals surface area contributed by atoms with Crippen LogP contribution in [0.5, 0.6) is 0 Å². The van der Waals surface area contributed by atoms with Crippen molar-refractivity contribution in [3.05, 3.63) is 29.8 Å². The molecule has 2 rings (SSSR count). The van der Waals surface area contributed by atoms with E-state index >= 15 is 0 Å². The van der Waals surface area contributed by atoms with Gasteiger partial charge in [-0.15, -0.1) is 0 Å². The van der Waals surface area contributed by atoms with Crippen molar-refractivity contribution in [1.29, 1.82) is 0 Å². The molecule has 1 atom stereocenters. The lowest BCUT2D eigenvalue weighted by atomic mass is 10.0. The van der Waals surface area contributed by atoms with Crippen LogP contribution in [0.15, 0.2) is 24.3 Å². The number of benzene rings is 1. The topological polar surface area (TPSA) is 69.6 Å². The summed E-state index contributed by atoms with van der Waals surface area (Å²) in [5.74, 6) is 0.0438. The van der Waals surface area contributed by atoms with Gasteiger partial charge in [0, 0.05) is 25.4 Å². The molecule has 2 N–H and O–H groups in total. The highest BCUT2D eigenvalue weighted by Gasteiger charge is 2.28. The lowest BCUT2D eigenvalue weighted by molar-refractivity contribution is 0.166. The quantitative estimate of drug-likeness (QED) is 0.844. The van der Waals surface area contributed by atoms with Gasteiger partial charge in [0.1, 0.15) is 0 Å². The van der Waals surface area contributed by atoms with E-state index in [0.29, 0.717) is 18.8 Å². The third-order valence-electron chi connectivity index (χ3n) is 3.82. The van der Waals surface area contributed by atoms with Crippen LogP contribution in [0.25, 0.3) is 0 Å². The first-order chi connectivity index (χ1) is 10.0. The van der Waals surface area contributed by atoms with Gasteiger partial charge < -0.3 is 5.11 Å². The Bertz CT molecular complexity index is 543. The molecule has 1 aliphatic heterocycles. The molecular weight excluding hydrogens is 288 g/mol. The highest BCUT2D eigenvalue weighted by Crippen LogP contribution is 2.20. The number of hydrogen-bond acceptors (Lipinski definition) is 3. The molecule has 0 saturated carbocycles. The Hall–Kier alpha value is -1.11. The lowest BCUT2D eigenvalue weighted by Gasteiger charge is -2.31. The van der Waals surface area contributed by atoms with Gasteiger partial charge in [0.15, 0.2) is 0 Å². The Morgan fingerprint density at radius 2 is 2.05 bits per heavy atom. The summed E-state index contributed by atoms with van der Waals surface area (Å²) in [4.78, 5) is 0. The molecular formula is C15H24N2O3S. The van der Waals surface area contributed by atoms with Gasteiger partial charge in [0.25, 0.3) is 0 Å². The number of nitrogens with one attached hydrogen (secondary N) is 1. The molecule has 0 spiro atoms. The third kappa shape index (κ3) is 4.43. The van der Waals surface area contributed by atoms with Crippen LogP contribution in [0.3, 0.4) is 0 Å². The van der Waals surface area contributed by atoms with E-state index in [1.165, 1.54) is 9.87 Å². The van der Waals surface area contributed by atoms with E-state index in [1.807, 2.05) is 12.1 Å². The van der Waals surface area contributed by atoms with Gasteiger partial charge in [-0.1, -0.05) is 25.5 Å². The second-order valence-corrected chi connectivity index (χ2v) is 7.27. The van der Waals surface area contributed by atoms with Crippen LogP contribution >= 0.6 is 0 Å². The summed E-state index contributed by atoms with van der Waals surface area (Å²) < 4.78 is 28.8. The molecule has 0 bridgehead atoms. The fourth-order valence-electron chi connectivity index (χ4n) is 2.64. The SMILES string of the molecule is CCCc1ccc(NS(=O)(=O)N2CCCC(CO)C2)cc1. The number of aliphatic hydroxyl groups excluding tert-OH is 1. The molecule has 1 fully saturated rings. The average Bonchev–Trinajstić information content (AvgIpc) is 2.49. The zero-order chi connectivity index (χ0) is 15.3. The smallest absolute Gasteiger partial charge is 0.301 e. The van der Waals surface area contributed by atoms with Crippen molar-refractivity contribution >= 4 is 15.9 Å². The van der Waals surface area contributed by atoms with Gasteiger partial charge in [-0.3, -0.25) is 4.72 Å². The van der Waals surface area contributed by atoms with E-state index in [2.05, 4.69) is 11.6 Å². The first kappa shape index (κ1) is 16.3. The molecule has 1 unspecified atom stereocenters. The molecule has 1 aromatic carbocycles. The highest BCUT2D eigenvalue weighted by atomic mass is 32.2. The van der Waals surface area contributed by atoms with E-state index in [-0.39, 0.29) is 12.5 Å². The van der Waals surface area contributed by atoms with Gasteiger partial charge in [-0.25, -0.2) is 0 Å². The predicted octanol–water partition coefficient (Wildman–Crippen LogP) is 2.00. The van der Waals surface area contributed by atoms with Crippen LogP contribution in [0, 0.1) is 5.92 Å². The number of nitrogens with zero attached hydrogens (tertiary/aromatic N) is 1. The minimum absolute atomic E-state index is 0.0394. The van der Waals surface area contributed by atoms with Crippen molar-refractivity contribution in [3.8, 4) is 0 Å². The summed E-state index contributed by atoms with van der Waals surface area (Å²) in [5.41, 5.74) is 1.79. The maximum absolute atomic E-state index is 12.4. The number of aliphatic hydroxyl groups is 1. The first-order valence-electron chi connectivity index (χ1n) is 7.53. The summed E-state index contributed by atoms with van der Waals surface area (Å²) >= 11 is 0. The largest absolute Gasteiger partial charge is 0.396 e. The Labute approximate surface area is 127 Å². The van der Waals surface area contributed by atoms with Gasteiger partial charge in [-0.2, -0.15) is 12.7 Å². The molecule has 6 heteroatoms. The van der Waals surface area contributed by atoms with Crippen molar-refractivity contribution in [2.45, 2.75) is 32.6 Å². The van der Waals surface area contributed by atoms with Crippen molar-refractivity contribution in [1.82, 2.24) is 4.31 Å². The first-order valence-corrected chi connectivity index (χ1v) is 8.97. The molecule has 118 valence electrons. The Kier molecular flexibility index (Phi) is 5.61. The van der Waals surface area contributed by atoms with Crippen molar-refractivity contribution in [2.24, 2.45) is 5.92 Å². The number of anilines is 1. The molecule has 0 aromatic heterocycles. The third-order valence-corrected chi connectivity index (χ3v) is 5.32. The van der Waals surface area contributed by atoms with Gasteiger partial charge in [0.05, 0.1) is 0 Å². The summed E-state index contributed by atoms with van der Waals surface area (Å²) in [6, 6.07) is 7.51. The molecule has 0 radical (unpaired) electrons. The molecule has 0 aliphatic carbocycles. The van der Waals surface area contributed by atoms with Crippen LogP contribution in [0.2, 0.25) is 0 Å². The van der Waals surface area contributed by atoms with Crippen molar-refractivity contribution in [3.63, 3.8) is 0 Å². The lowest BCUT2D eigenvalue weighted by Crippen LogP contribution is -2.43. The van der Waals surface area contributed by atoms with Crippen LogP contribution in [-0.4, -0.2) is 37.5 Å². The Balaban J connectivity index is 2.02. The monoisotopic (exact) mass is 312 g/mol. The van der Waals surface area contributed by atoms with E-state index in [1.54, 1.807) is 12.1 Å². The fourth-order valence-corrected chi connectivity index (χ4v) is 3.98. The highest BCUT2D eigenvalue weighted by molar-refractivity contribution is 7.90.